The van der Waals surface area contributed by atoms with Crippen LogP contribution in [0.3, 0.4) is 0 Å². The molecule has 2 aliphatic heterocycles. The van der Waals surface area contributed by atoms with Gasteiger partial charge in [0.15, 0.2) is 13.6 Å². The molecule has 6 heteroatoms. The Morgan fingerprint density at radius 1 is 1.14 bits per heavy atom. The number of rotatable bonds is 0. The standard InChI is InChI=1S/C23H33FO5/c1-14-9-16-17-7-6-15-5-3-4-8-20(15,2)22(17,24)19(25)10-18(16)23(14)21(28-13-29-23)11-26-12-27-21/h5,14,16-19,25H,3-4,6-13H2,1-2H3/t14-,16+,17+,18?,19+,20+,21?,22+,23-/m1/s1. The van der Waals surface area contributed by atoms with Crippen LogP contribution in [0.5, 0.6) is 0 Å². The van der Waals surface area contributed by atoms with Gasteiger partial charge in [0.05, 0.1) is 6.10 Å². The van der Waals surface area contributed by atoms with Gasteiger partial charge in [0.1, 0.15) is 17.9 Å². The highest BCUT2D eigenvalue weighted by molar-refractivity contribution is 5.32. The first-order valence-electron chi connectivity index (χ1n) is 11.5. The van der Waals surface area contributed by atoms with Crippen LogP contribution in [0.1, 0.15) is 58.8 Å². The molecule has 2 unspecified atom stereocenters. The van der Waals surface area contributed by atoms with Crippen LogP contribution >= 0.6 is 0 Å². The van der Waals surface area contributed by atoms with E-state index in [-0.39, 0.29) is 37.3 Å². The van der Waals surface area contributed by atoms with Crippen molar-refractivity contribution in [1.29, 1.82) is 0 Å². The second-order valence-electron chi connectivity index (χ2n) is 10.6. The molecule has 0 bridgehead atoms. The molecular weight excluding hydrogens is 375 g/mol. The predicted octanol–water partition coefficient (Wildman–Crippen LogP) is 3.70. The topological polar surface area (TPSA) is 57.2 Å². The zero-order chi connectivity index (χ0) is 20.1. The van der Waals surface area contributed by atoms with Gasteiger partial charge in [0, 0.05) is 5.41 Å². The van der Waals surface area contributed by atoms with Crippen molar-refractivity contribution in [3.8, 4) is 0 Å². The van der Waals surface area contributed by atoms with Gasteiger partial charge in [-0.2, -0.15) is 0 Å². The number of fused-ring (bicyclic) bond motifs is 7. The van der Waals surface area contributed by atoms with Gasteiger partial charge in [-0.25, -0.2) is 4.39 Å². The van der Waals surface area contributed by atoms with E-state index in [1.807, 2.05) is 0 Å². The molecule has 1 N–H and O–H groups in total. The molecule has 6 rings (SSSR count). The summed E-state index contributed by atoms with van der Waals surface area (Å²) >= 11 is 0. The lowest BCUT2D eigenvalue weighted by molar-refractivity contribution is -0.252. The molecule has 2 heterocycles. The van der Waals surface area contributed by atoms with Crippen LogP contribution in [0.25, 0.3) is 0 Å². The third kappa shape index (κ3) is 2.04. The third-order valence-electron chi connectivity index (χ3n) is 9.85. The first-order valence-corrected chi connectivity index (χ1v) is 11.5. The van der Waals surface area contributed by atoms with Gasteiger partial charge in [-0.3, -0.25) is 0 Å². The van der Waals surface area contributed by atoms with Crippen LogP contribution in [0, 0.1) is 29.1 Å². The van der Waals surface area contributed by atoms with Gasteiger partial charge in [-0.15, -0.1) is 0 Å². The van der Waals surface area contributed by atoms with E-state index >= 15 is 4.39 Å². The Morgan fingerprint density at radius 3 is 2.76 bits per heavy atom. The van der Waals surface area contributed by atoms with Gasteiger partial charge in [0.2, 0.25) is 5.79 Å². The summed E-state index contributed by atoms with van der Waals surface area (Å²) in [5.74, 6) is -0.727. The van der Waals surface area contributed by atoms with E-state index in [1.165, 1.54) is 5.57 Å². The van der Waals surface area contributed by atoms with E-state index in [1.54, 1.807) is 0 Å². The molecule has 0 aromatic rings. The maximum atomic E-state index is 17.1. The highest BCUT2D eigenvalue weighted by Gasteiger charge is 2.77. The summed E-state index contributed by atoms with van der Waals surface area (Å²) in [5, 5.41) is 11.4. The molecule has 5 nitrogen and oxygen atoms in total. The molecule has 29 heavy (non-hydrogen) atoms. The van der Waals surface area contributed by atoms with Crippen molar-refractivity contribution in [1.82, 2.24) is 0 Å². The second-order valence-corrected chi connectivity index (χ2v) is 10.6. The number of ether oxygens (including phenoxy) is 4. The van der Waals surface area contributed by atoms with Crippen molar-refractivity contribution < 1.29 is 28.4 Å². The minimum Gasteiger partial charge on any atom is -0.390 e. The molecule has 162 valence electrons. The molecule has 0 aromatic heterocycles. The molecule has 9 atom stereocenters. The zero-order valence-electron chi connectivity index (χ0n) is 17.5. The van der Waals surface area contributed by atoms with Crippen LogP contribution in [0.4, 0.5) is 4.39 Å². The Morgan fingerprint density at radius 2 is 1.97 bits per heavy atom. The fourth-order valence-corrected chi connectivity index (χ4v) is 8.66. The summed E-state index contributed by atoms with van der Waals surface area (Å²) in [4.78, 5) is 0. The largest absolute Gasteiger partial charge is 0.390 e. The number of hydrogen-bond acceptors (Lipinski definition) is 5. The fourth-order valence-electron chi connectivity index (χ4n) is 8.66. The van der Waals surface area contributed by atoms with E-state index < -0.39 is 28.6 Å². The molecule has 0 aromatic carbocycles. The average molecular weight is 409 g/mol. The molecule has 0 radical (unpaired) electrons. The van der Waals surface area contributed by atoms with Crippen molar-refractivity contribution in [3.63, 3.8) is 0 Å². The zero-order valence-corrected chi connectivity index (χ0v) is 17.5. The predicted molar refractivity (Wildman–Crippen MR) is 102 cm³/mol. The monoisotopic (exact) mass is 408 g/mol. The molecule has 5 fully saturated rings. The Hall–Kier alpha value is -0.530. The third-order valence-corrected chi connectivity index (χ3v) is 9.85. The lowest BCUT2D eigenvalue weighted by atomic mass is 9.46. The summed E-state index contributed by atoms with van der Waals surface area (Å²) in [6.45, 7) is 4.96. The molecule has 2 spiro atoms. The Kier molecular flexibility index (Phi) is 3.99. The van der Waals surface area contributed by atoms with Gasteiger partial charge in [-0.1, -0.05) is 25.5 Å². The van der Waals surface area contributed by atoms with Gasteiger partial charge in [-0.05, 0) is 68.6 Å². The highest BCUT2D eigenvalue weighted by Crippen LogP contribution is 2.70. The maximum absolute atomic E-state index is 17.1. The second kappa shape index (κ2) is 6.04. The average Bonchev–Trinajstić information content (AvgIpc) is 3.39. The number of halogens is 1. The Labute approximate surface area is 171 Å². The Bertz CT molecular complexity index is 729. The van der Waals surface area contributed by atoms with Gasteiger partial charge >= 0.3 is 0 Å². The van der Waals surface area contributed by atoms with E-state index in [9.17, 15) is 5.11 Å². The summed E-state index contributed by atoms with van der Waals surface area (Å²) < 4.78 is 41.0. The van der Waals surface area contributed by atoms with Crippen LogP contribution < -0.4 is 0 Å². The van der Waals surface area contributed by atoms with E-state index in [4.69, 9.17) is 18.9 Å². The lowest BCUT2D eigenvalue weighted by Crippen LogP contribution is -2.68. The molecule has 6 aliphatic rings. The summed E-state index contributed by atoms with van der Waals surface area (Å²) in [5.41, 5.74) is -1.54. The van der Waals surface area contributed by atoms with Crippen LogP contribution in [0.2, 0.25) is 0 Å². The summed E-state index contributed by atoms with van der Waals surface area (Å²) in [7, 11) is 0. The van der Waals surface area contributed by atoms with Crippen molar-refractivity contribution in [3.05, 3.63) is 11.6 Å². The smallest absolute Gasteiger partial charge is 0.226 e. The van der Waals surface area contributed by atoms with Crippen LogP contribution in [0.15, 0.2) is 11.6 Å². The van der Waals surface area contributed by atoms with Crippen molar-refractivity contribution in [2.45, 2.75) is 82.0 Å². The Balaban J connectivity index is 1.43. The minimum atomic E-state index is -1.57. The number of aliphatic hydroxyl groups is 1. The lowest BCUT2D eigenvalue weighted by Gasteiger charge is -2.61. The highest BCUT2D eigenvalue weighted by atomic mass is 19.1. The molecule has 2 saturated heterocycles. The number of alkyl halides is 1. The van der Waals surface area contributed by atoms with Crippen molar-refractivity contribution in [2.75, 3.05) is 20.2 Å². The molecular formula is C23H33FO5. The number of aliphatic hydroxyl groups excluding tert-OH is 1. The van der Waals surface area contributed by atoms with Crippen molar-refractivity contribution >= 4 is 0 Å². The maximum Gasteiger partial charge on any atom is 0.226 e. The van der Waals surface area contributed by atoms with Crippen LogP contribution in [-0.4, -0.2) is 48.5 Å². The number of hydrogen-bond donors (Lipinski definition) is 1. The quantitative estimate of drug-likeness (QED) is 0.620. The molecule has 0 amide bonds. The van der Waals surface area contributed by atoms with E-state index in [0.717, 1.165) is 38.5 Å². The number of allylic oxidation sites excluding steroid dienone is 2. The normalized spacial score (nSPS) is 58.9. The summed E-state index contributed by atoms with van der Waals surface area (Å²) in [6, 6.07) is 0. The van der Waals surface area contributed by atoms with Crippen LogP contribution in [-0.2, 0) is 18.9 Å². The fraction of sp³-hybridized carbons (Fsp3) is 0.913. The minimum absolute atomic E-state index is 0.0169. The van der Waals surface area contributed by atoms with Gasteiger partial charge in [0.25, 0.3) is 0 Å². The van der Waals surface area contributed by atoms with E-state index in [2.05, 4.69) is 19.9 Å². The molecule has 4 aliphatic carbocycles. The van der Waals surface area contributed by atoms with Gasteiger partial charge < -0.3 is 24.1 Å². The first-order chi connectivity index (χ1) is 13.9. The van der Waals surface area contributed by atoms with E-state index in [0.29, 0.717) is 13.0 Å². The first kappa shape index (κ1) is 19.2. The molecule has 3 saturated carbocycles. The van der Waals surface area contributed by atoms with Crippen molar-refractivity contribution in [2.24, 2.45) is 29.1 Å². The SMILES string of the molecule is C[C@@H]1C[C@@H]2C(C[C@H](O)[C@@]3(F)[C@H]2CCC2=CCCC[C@@]23C)[C@]12OCOC21COCO1. The summed E-state index contributed by atoms with van der Waals surface area (Å²) in [6.07, 6.45) is 7.19.